The maximum Gasteiger partial charge on any atom is 0.246 e. The molecule has 0 bridgehead atoms. The van der Waals surface area contributed by atoms with E-state index >= 15 is 0 Å². The number of nitrogens with zero attached hydrogens (tertiary/aromatic N) is 3. The standard InChI is InChI=1S/C16H17ClN4OS/c1-9-15(17)10(2)21(20-9)8-14(22)19-16-12(7-18)11-5-3-4-6-13(11)23-16/h3-6,8H2,1-2H3,(H,19,22). The molecule has 23 heavy (non-hydrogen) atoms. The lowest BCUT2D eigenvalue weighted by Crippen LogP contribution is -2.20. The van der Waals surface area contributed by atoms with Gasteiger partial charge < -0.3 is 5.32 Å². The molecule has 0 fully saturated rings. The Morgan fingerprint density at radius 3 is 2.83 bits per heavy atom. The molecule has 0 aromatic carbocycles. The highest BCUT2D eigenvalue weighted by atomic mass is 35.5. The molecule has 2 heterocycles. The minimum absolute atomic E-state index is 0.0901. The Bertz CT molecular complexity index is 815. The smallest absolute Gasteiger partial charge is 0.246 e. The highest BCUT2D eigenvalue weighted by molar-refractivity contribution is 7.16. The van der Waals surface area contributed by atoms with Gasteiger partial charge in [-0.3, -0.25) is 9.48 Å². The van der Waals surface area contributed by atoms with Crippen molar-refractivity contribution in [1.29, 1.82) is 5.26 Å². The highest BCUT2D eigenvalue weighted by Crippen LogP contribution is 2.37. The minimum atomic E-state index is -0.192. The van der Waals surface area contributed by atoms with E-state index in [1.54, 1.807) is 4.68 Å². The van der Waals surface area contributed by atoms with Crippen molar-refractivity contribution in [3.8, 4) is 6.07 Å². The van der Waals surface area contributed by atoms with Crippen LogP contribution in [0.25, 0.3) is 0 Å². The van der Waals surface area contributed by atoms with Crippen molar-refractivity contribution in [2.75, 3.05) is 5.32 Å². The predicted octanol–water partition coefficient (Wildman–Crippen LogP) is 3.60. The van der Waals surface area contributed by atoms with Crippen LogP contribution in [0.2, 0.25) is 5.02 Å². The zero-order chi connectivity index (χ0) is 16.6. The number of rotatable bonds is 3. The van der Waals surface area contributed by atoms with Gasteiger partial charge in [0, 0.05) is 4.88 Å². The van der Waals surface area contributed by atoms with Crippen LogP contribution >= 0.6 is 22.9 Å². The summed E-state index contributed by atoms with van der Waals surface area (Å²) in [5.74, 6) is -0.192. The molecule has 0 unspecified atom stereocenters. The zero-order valence-corrected chi connectivity index (χ0v) is 14.6. The largest absolute Gasteiger partial charge is 0.315 e. The van der Waals surface area contributed by atoms with Crippen molar-refractivity contribution in [3.05, 3.63) is 32.4 Å². The van der Waals surface area contributed by atoms with E-state index in [0.717, 1.165) is 36.9 Å². The lowest BCUT2D eigenvalue weighted by molar-refractivity contribution is -0.116. The number of thiophene rings is 1. The number of hydrogen-bond donors (Lipinski definition) is 1. The van der Waals surface area contributed by atoms with E-state index < -0.39 is 0 Å². The lowest BCUT2D eigenvalue weighted by atomic mass is 9.96. The summed E-state index contributed by atoms with van der Waals surface area (Å²) < 4.78 is 1.59. The fourth-order valence-corrected chi connectivity index (χ4v) is 4.29. The van der Waals surface area contributed by atoms with E-state index in [2.05, 4.69) is 16.5 Å². The predicted molar refractivity (Wildman–Crippen MR) is 91.0 cm³/mol. The van der Waals surface area contributed by atoms with Gasteiger partial charge in [0.25, 0.3) is 0 Å². The number of fused-ring (bicyclic) bond motifs is 1. The van der Waals surface area contributed by atoms with Crippen LogP contribution in [0.1, 0.15) is 40.2 Å². The van der Waals surface area contributed by atoms with E-state index in [0.29, 0.717) is 21.3 Å². The quantitative estimate of drug-likeness (QED) is 0.921. The van der Waals surface area contributed by atoms with Crippen LogP contribution in [0.15, 0.2) is 0 Å². The molecule has 5 nitrogen and oxygen atoms in total. The zero-order valence-electron chi connectivity index (χ0n) is 13.1. The molecule has 7 heteroatoms. The van der Waals surface area contributed by atoms with Crippen LogP contribution in [-0.2, 0) is 24.2 Å². The summed E-state index contributed by atoms with van der Waals surface area (Å²) in [6.07, 6.45) is 4.18. The van der Waals surface area contributed by atoms with Gasteiger partial charge in [-0.05, 0) is 45.1 Å². The molecule has 0 saturated heterocycles. The first-order valence-corrected chi connectivity index (χ1v) is 8.74. The number of amides is 1. The van der Waals surface area contributed by atoms with Gasteiger partial charge in [-0.1, -0.05) is 11.6 Å². The number of hydrogen-bond acceptors (Lipinski definition) is 4. The van der Waals surface area contributed by atoms with Crippen molar-refractivity contribution in [2.24, 2.45) is 0 Å². The van der Waals surface area contributed by atoms with Crippen LogP contribution < -0.4 is 5.32 Å². The van der Waals surface area contributed by atoms with Crippen LogP contribution in [0.3, 0.4) is 0 Å². The van der Waals surface area contributed by atoms with Gasteiger partial charge in [0.2, 0.25) is 5.91 Å². The Kier molecular flexibility index (Phi) is 4.42. The number of aromatic nitrogens is 2. The summed E-state index contributed by atoms with van der Waals surface area (Å²) in [5.41, 5.74) is 3.23. The topological polar surface area (TPSA) is 70.7 Å². The lowest BCUT2D eigenvalue weighted by Gasteiger charge is -2.09. The maximum atomic E-state index is 12.3. The molecule has 2 aromatic heterocycles. The third-order valence-corrected chi connectivity index (χ3v) is 5.88. The Balaban J connectivity index is 1.79. The Labute approximate surface area is 143 Å². The van der Waals surface area contributed by atoms with E-state index in [1.165, 1.54) is 16.2 Å². The van der Waals surface area contributed by atoms with Gasteiger partial charge in [0.05, 0.1) is 22.0 Å². The number of nitriles is 1. The van der Waals surface area contributed by atoms with Gasteiger partial charge in [-0.25, -0.2) is 0 Å². The van der Waals surface area contributed by atoms with Crippen molar-refractivity contribution < 1.29 is 4.79 Å². The summed E-state index contributed by atoms with van der Waals surface area (Å²) in [6, 6.07) is 2.25. The van der Waals surface area contributed by atoms with Crippen molar-refractivity contribution in [1.82, 2.24) is 9.78 Å². The number of anilines is 1. The molecule has 1 amide bonds. The first-order chi connectivity index (χ1) is 11.0. The van der Waals surface area contributed by atoms with Gasteiger partial charge in [0.1, 0.15) is 17.6 Å². The monoisotopic (exact) mass is 348 g/mol. The van der Waals surface area contributed by atoms with Gasteiger partial charge in [-0.2, -0.15) is 10.4 Å². The Morgan fingerprint density at radius 2 is 2.17 bits per heavy atom. The number of nitrogens with one attached hydrogen (secondary N) is 1. The number of carbonyl (C=O) groups is 1. The maximum absolute atomic E-state index is 12.3. The van der Waals surface area contributed by atoms with Crippen molar-refractivity contribution in [3.63, 3.8) is 0 Å². The van der Waals surface area contributed by atoms with Gasteiger partial charge in [-0.15, -0.1) is 11.3 Å². The summed E-state index contributed by atoms with van der Waals surface area (Å²) in [6.45, 7) is 3.73. The third kappa shape index (κ3) is 2.99. The van der Waals surface area contributed by atoms with Crippen LogP contribution in [0, 0.1) is 25.2 Å². The summed E-state index contributed by atoms with van der Waals surface area (Å²) in [7, 11) is 0. The van der Waals surface area contributed by atoms with E-state index in [9.17, 15) is 10.1 Å². The van der Waals surface area contributed by atoms with Gasteiger partial charge >= 0.3 is 0 Å². The second kappa shape index (κ2) is 6.34. The summed E-state index contributed by atoms with van der Waals surface area (Å²) in [5, 5.41) is 17.8. The van der Waals surface area contributed by atoms with E-state index in [4.69, 9.17) is 11.6 Å². The third-order valence-electron chi connectivity index (χ3n) is 4.12. The second-order valence-corrected chi connectivity index (χ2v) is 7.20. The molecule has 0 atom stereocenters. The Hall–Kier alpha value is -1.84. The average Bonchev–Trinajstić information content (AvgIpc) is 2.99. The number of aryl methyl sites for hydroxylation is 2. The molecule has 1 N–H and O–H groups in total. The van der Waals surface area contributed by atoms with Crippen molar-refractivity contribution >= 4 is 33.8 Å². The first-order valence-electron chi connectivity index (χ1n) is 7.55. The molecule has 0 spiro atoms. The van der Waals surface area contributed by atoms with E-state index in [1.807, 2.05) is 13.8 Å². The number of carbonyl (C=O) groups excluding carboxylic acids is 1. The summed E-state index contributed by atoms with van der Waals surface area (Å²) in [4.78, 5) is 13.6. The van der Waals surface area contributed by atoms with Crippen LogP contribution in [0.4, 0.5) is 5.00 Å². The molecular formula is C16H17ClN4OS. The molecule has 1 aliphatic rings. The molecule has 1 aliphatic carbocycles. The second-order valence-electron chi connectivity index (χ2n) is 5.72. The molecule has 0 aliphatic heterocycles. The van der Waals surface area contributed by atoms with Crippen LogP contribution in [-0.4, -0.2) is 15.7 Å². The molecule has 3 rings (SSSR count). The minimum Gasteiger partial charge on any atom is -0.315 e. The van der Waals surface area contributed by atoms with Gasteiger partial charge in [0.15, 0.2) is 0 Å². The number of halogens is 1. The normalized spacial score (nSPS) is 13.5. The fourth-order valence-electron chi connectivity index (χ4n) is 2.90. The fraction of sp³-hybridized carbons (Fsp3) is 0.438. The van der Waals surface area contributed by atoms with E-state index in [-0.39, 0.29) is 12.5 Å². The Morgan fingerprint density at radius 1 is 1.43 bits per heavy atom. The molecule has 120 valence electrons. The molecular weight excluding hydrogens is 332 g/mol. The molecule has 0 radical (unpaired) electrons. The molecule has 2 aromatic rings. The van der Waals surface area contributed by atoms with Crippen LogP contribution in [0.5, 0.6) is 0 Å². The average molecular weight is 349 g/mol. The van der Waals surface area contributed by atoms with Crippen molar-refractivity contribution in [2.45, 2.75) is 46.1 Å². The first kappa shape index (κ1) is 16.0. The SMILES string of the molecule is Cc1nn(CC(=O)Nc2sc3c(c2C#N)CCCC3)c(C)c1Cl. The summed E-state index contributed by atoms with van der Waals surface area (Å²) >= 11 is 7.63. The highest BCUT2D eigenvalue weighted by Gasteiger charge is 2.22. The molecule has 0 saturated carbocycles.